The first-order valence-corrected chi connectivity index (χ1v) is 11.5. The molecule has 0 saturated heterocycles. The molecule has 0 bridgehead atoms. The van der Waals surface area contributed by atoms with Crippen LogP contribution in [0.5, 0.6) is 11.5 Å². The van der Waals surface area contributed by atoms with Gasteiger partial charge >= 0.3 is 5.97 Å². The molecule has 0 unspecified atom stereocenters. The fraction of sp³-hybridized carbons (Fsp3) is 0.364. The predicted molar refractivity (Wildman–Crippen MR) is 120 cm³/mol. The molecule has 0 N–H and O–H groups in total. The zero-order valence-electron chi connectivity index (χ0n) is 18.8. The second-order valence-corrected chi connectivity index (χ2v) is 9.41. The third kappa shape index (κ3) is 4.56. The molecule has 0 saturated carbocycles. The van der Waals surface area contributed by atoms with Crippen molar-refractivity contribution in [1.82, 2.24) is 13.9 Å². The van der Waals surface area contributed by atoms with E-state index in [4.69, 9.17) is 14.2 Å². The number of fused-ring (bicyclic) bond motifs is 1. The molecule has 10 heteroatoms. The first-order chi connectivity index (χ1) is 15.2. The summed E-state index contributed by atoms with van der Waals surface area (Å²) in [6, 6.07) is 9.69. The van der Waals surface area contributed by atoms with Crippen molar-refractivity contribution in [3.05, 3.63) is 47.8 Å². The smallest absolute Gasteiger partial charge is 0.342 e. The van der Waals surface area contributed by atoms with E-state index >= 15 is 0 Å². The first kappa shape index (κ1) is 23.6. The summed E-state index contributed by atoms with van der Waals surface area (Å²) in [6.45, 7) is 2.59. The molecule has 0 amide bonds. The average molecular weight is 462 g/mol. The summed E-state index contributed by atoms with van der Waals surface area (Å²) in [5.74, 6) is 0.824. The monoisotopic (exact) mass is 461 g/mol. The van der Waals surface area contributed by atoms with E-state index in [2.05, 4.69) is 4.98 Å². The lowest BCUT2D eigenvalue weighted by atomic mass is 10.2. The summed E-state index contributed by atoms with van der Waals surface area (Å²) in [5, 5.41) is 0. The summed E-state index contributed by atoms with van der Waals surface area (Å²) < 4.78 is 44.0. The molecular weight excluding hydrogens is 434 g/mol. The van der Waals surface area contributed by atoms with Gasteiger partial charge in [-0.2, -0.15) is 0 Å². The Morgan fingerprint density at radius 2 is 1.84 bits per heavy atom. The Bertz CT molecular complexity index is 1230. The highest BCUT2D eigenvalue weighted by Crippen LogP contribution is 2.26. The number of methoxy groups -OCH3 is 2. The minimum Gasteiger partial charge on any atom is -0.497 e. The standard InChI is InChI=1S/C22H27N3O6S/c1-6-11-25-19-9-8-16(32(27,28)24(2)3)13-18(19)23-21(25)14-31-22(26)17-12-15(29-4)7-10-20(17)30-5/h7-10,12-13H,6,11,14H2,1-5H3. The predicted octanol–water partition coefficient (Wildman–Crippen LogP) is 3.07. The number of benzene rings is 2. The van der Waals surface area contributed by atoms with Crippen LogP contribution in [0.4, 0.5) is 0 Å². The molecule has 9 nitrogen and oxygen atoms in total. The van der Waals surface area contributed by atoms with Gasteiger partial charge in [0.25, 0.3) is 0 Å². The molecule has 0 atom stereocenters. The second kappa shape index (κ2) is 9.58. The van der Waals surface area contributed by atoms with Crippen molar-refractivity contribution in [2.45, 2.75) is 31.4 Å². The average Bonchev–Trinajstić information content (AvgIpc) is 3.13. The summed E-state index contributed by atoms with van der Waals surface area (Å²) in [5.41, 5.74) is 1.53. The van der Waals surface area contributed by atoms with E-state index in [1.54, 1.807) is 30.3 Å². The number of sulfonamides is 1. The molecule has 0 aliphatic rings. The molecule has 2 aromatic carbocycles. The molecule has 1 aromatic heterocycles. The van der Waals surface area contributed by atoms with Crippen molar-refractivity contribution >= 4 is 27.0 Å². The number of carbonyl (C=O) groups excluding carboxylic acids is 1. The van der Waals surface area contributed by atoms with Gasteiger partial charge in [0.15, 0.2) is 0 Å². The summed E-state index contributed by atoms with van der Waals surface area (Å²) in [4.78, 5) is 17.4. The van der Waals surface area contributed by atoms with Gasteiger partial charge in [-0.1, -0.05) is 6.92 Å². The largest absolute Gasteiger partial charge is 0.497 e. The van der Waals surface area contributed by atoms with E-state index in [0.717, 1.165) is 16.2 Å². The van der Waals surface area contributed by atoms with Crippen LogP contribution in [-0.4, -0.2) is 56.6 Å². The third-order valence-corrected chi connectivity index (χ3v) is 6.79. The molecule has 0 aliphatic carbocycles. The van der Waals surface area contributed by atoms with Gasteiger partial charge in [-0.05, 0) is 42.8 Å². The van der Waals surface area contributed by atoms with E-state index in [-0.39, 0.29) is 17.1 Å². The minimum absolute atomic E-state index is 0.0797. The Morgan fingerprint density at radius 1 is 1.09 bits per heavy atom. The molecule has 0 radical (unpaired) electrons. The Hall–Kier alpha value is -3.11. The van der Waals surface area contributed by atoms with Crippen LogP contribution in [0, 0.1) is 0 Å². The van der Waals surface area contributed by atoms with Gasteiger partial charge in [0.05, 0.1) is 30.1 Å². The summed E-state index contributed by atoms with van der Waals surface area (Å²) >= 11 is 0. The van der Waals surface area contributed by atoms with E-state index in [9.17, 15) is 13.2 Å². The first-order valence-electron chi connectivity index (χ1n) is 10.0. The number of aromatic nitrogens is 2. The van der Waals surface area contributed by atoms with Crippen LogP contribution in [-0.2, 0) is 27.9 Å². The van der Waals surface area contributed by atoms with Crippen LogP contribution < -0.4 is 9.47 Å². The number of hydrogen-bond donors (Lipinski definition) is 0. The number of imidazole rings is 1. The maximum atomic E-state index is 12.7. The number of carbonyl (C=O) groups is 1. The van der Waals surface area contributed by atoms with Crippen molar-refractivity contribution in [1.29, 1.82) is 0 Å². The Morgan fingerprint density at radius 3 is 2.47 bits per heavy atom. The lowest BCUT2D eigenvalue weighted by Gasteiger charge is -2.12. The van der Waals surface area contributed by atoms with Crippen LogP contribution in [0.25, 0.3) is 11.0 Å². The summed E-state index contributed by atoms with van der Waals surface area (Å²) in [6.07, 6.45) is 0.827. The topological polar surface area (TPSA) is 100.0 Å². The second-order valence-electron chi connectivity index (χ2n) is 7.26. The number of hydrogen-bond acceptors (Lipinski definition) is 7. The quantitative estimate of drug-likeness (QED) is 0.452. The molecule has 172 valence electrons. The van der Waals surface area contributed by atoms with E-state index < -0.39 is 16.0 Å². The molecule has 0 spiro atoms. The van der Waals surface area contributed by atoms with Crippen molar-refractivity contribution < 1.29 is 27.4 Å². The van der Waals surface area contributed by atoms with Crippen molar-refractivity contribution in [3.63, 3.8) is 0 Å². The van der Waals surface area contributed by atoms with Gasteiger partial charge in [-0.25, -0.2) is 22.5 Å². The highest BCUT2D eigenvalue weighted by Gasteiger charge is 2.21. The number of nitrogens with zero attached hydrogens (tertiary/aromatic N) is 3. The fourth-order valence-electron chi connectivity index (χ4n) is 3.30. The minimum atomic E-state index is -3.59. The summed E-state index contributed by atoms with van der Waals surface area (Å²) in [7, 11) is 2.35. The van der Waals surface area contributed by atoms with E-state index in [1.807, 2.05) is 11.5 Å². The van der Waals surface area contributed by atoms with Gasteiger partial charge in [0.2, 0.25) is 10.0 Å². The van der Waals surface area contributed by atoms with E-state index in [0.29, 0.717) is 29.4 Å². The van der Waals surface area contributed by atoms with Gasteiger partial charge < -0.3 is 18.8 Å². The third-order valence-electron chi connectivity index (χ3n) is 4.98. The maximum Gasteiger partial charge on any atom is 0.342 e. The number of ether oxygens (including phenoxy) is 3. The molecule has 0 fully saturated rings. The van der Waals surface area contributed by atoms with Crippen LogP contribution >= 0.6 is 0 Å². The zero-order chi connectivity index (χ0) is 23.5. The Kier molecular flexibility index (Phi) is 7.05. The van der Waals surface area contributed by atoms with Gasteiger partial charge in [-0.3, -0.25) is 0 Å². The van der Waals surface area contributed by atoms with Crippen LogP contribution in [0.2, 0.25) is 0 Å². The molecular formula is C22H27N3O6S. The number of esters is 1. The Labute approximate surface area is 187 Å². The van der Waals surface area contributed by atoms with Gasteiger partial charge in [-0.15, -0.1) is 0 Å². The molecule has 0 aliphatic heterocycles. The van der Waals surface area contributed by atoms with Crippen LogP contribution in [0.1, 0.15) is 29.5 Å². The van der Waals surface area contributed by atoms with Crippen LogP contribution in [0.3, 0.4) is 0 Å². The van der Waals surface area contributed by atoms with Crippen molar-refractivity contribution in [2.75, 3.05) is 28.3 Å². The maximum absolute atomic E-state index is 12.7. The molecule has 3 aromatic rings. The molecule has 1 heterocycles. The normalized spacial score (nSPS) is 11.7. The van der Waals surface area contributed by atoms with Gasteiger partial charge in [0, 0.05) is 20.6 Å². The van der Waals surface area contributed by atoms with E-state index in [1.165, 1.54) is 34.4 Å². The molecule has 3 rings (SSSR count). The SMILES string of the molecule is CCCn1c(COC(=O)c2cc(OC)ccc2OC)nc2cc(S(=O)(=O)N(C)C)ccc21. The highest BCUT2D eigenvalue weighted by atomic mass is 32.2. The Balaban J connectivity index is 1.93. The van der Waals surface area contributed by atoms with Crippen molar-refractivity contribution in [3.8, 4) is 11.5 Å². The number of aryl methyl sites for hydroxylation is 1. The zero-order valence-corrected chi connectivity index (χ0v) is 19.6. The van der Waals surface area contributed by atoms with Gasteiger partial charge in [0.1, 0.15) is 29.5 Å². The number of rotatable bonds is 9. The fourth-order valence-corrected chi connectivity index (χ4v) is 4.22. The lowest BCUT2D eigenvalue weighted by molar-refractivity contribution is 0.0454. The van der Waals surface area contributed by atoms with Crippen molar-refractivity contribution in [2.24, 2.45) is 0 Å². The molecule has 32 heavy (non-hydrogen) atoms. The van der Waals surface area contributed by atoms with Crippen LogP contribution in [0.15, 0.2) is 41.3 Å². The lowest BCUT2D eigenvalue weighted by Crippen LogP contribution is -2.22. The highest BCUT2D eigenvalue weighted by molar-refractivity contribution is 7.89.